The summed E-state index contributed by atoms with van der Waals surface area (Å²) >= 11 is 0. The van der Waals surface area contributed by atoms with E-state index in [4.69, 9.17) is 4.74 Å². The first kappa shape index (κ1) is 22.8. The first-order valence-corrected chi connectivity index (χ1v) is 7.76. The second-order valence-corrected chi connectivity index (χ2v) is 7.24. The molecule has 0 aromatic carbocycles. The molecule has 0 radical (unpaired) electrons. The molecule has 0 aromatic heterocycles. The minimum absolute atomic E-state index is 0.574. The molecule has 0 bridgehead atoms. The Hall–Kier alpha value is -2.16. The summed E-state index contributed by atoms with van der Waals surface area (Å²) in [5.74, 6) is -2.02. The summed E-state index contributed by atoms with van der Waals surface area (Å²) < 4.78 is 5.05. The van der Waals surface area contributed by atoms with Crippen molar-refractivity contribution < 1.29 is 29.0 Å². The van der Waals surface area contributed by atoms with Crippen molar-refractivity contribution in [2.24, 2.45) is 0 Å². The molecule has 0 aromatic rings. The average Bonchev–Trinajstić information content (AvgIpc) is 2.48. The van der Waals surface area contributed by atoms with Gasteiger partial charge in [0.1, 0.15) is 5.60 Å². The number of urea groups is 2. The Balaban J connectivity index is 5.29. The molecule has 144 valence electrons. The van der Waals surface area contributed by atoms with Crippen LogP contribution in [0.4, 0.5) is 9.59 Å². The highest BCUT2D eigenvalue weighted by Crippen LogP contribution is 2.18. The van der Waals surface area contributed by atoms with E-state index in [1.54, 1.807) is 20.8 Å². The van der Waals surface area contributed by atoms with Crippen molar-refractivity contribution in [3.8, 4) is 0 Å². The van der Waals surface area contributed by atoms with E-state index in [-0.39, 0.29) is 0 Å². The van der Waals surface area contributed by atoms with Gasteiger partial charge in [0.2, 0.25) is 5.60 Å². The molecule has 0 spiro atoms. The van der Waals surface area contributed by atoms with Crippen LogP contribution in [-0.2, 0) is 14.3 Å². The molecule has 1 unspecified atom stereocenters. The predicted octanol–water partition coefficient (Wildman–Crippen LogP) is 0.702. The molecule has 9 heteroatoms. The zero-order chi connectivity index (χ0) is 20.3. The molecule has 0 saturated heterocycles. The van der Waals surface area contributed by atoms with E-state index in [1.807, 2.05) is 0 Å². The number of carbonyl (C=O) groups excluding carboxylic acids is 4. The van der Waals surface area contributed by atoms with Gasteiger partial charge < -0.3 is 19.6 Å². The van der Waals surface area contributed by atoms with Crippen LogP contribution in [0.25, 0.3) is 0 Å². The first-order chi connectivity index (χ1) is 11.0. The molecule has 2 atom stereocenters. The number of aliphatic hydroxyl groups is 1. The lowest BCUT2D eigenvalue weighted by atomic mass is 9.95. The second kappa shape index (κ2) is 7.81. The van der Waals surface area contributed by atoms with Gasteiger partial charge in [-0.05, 0) is 34.6 Å². The minimum Gasteiger partial charge on any atom is -0.457 e. The summed E-state index contributed by atoms with van der Waals surface area (Å²) in [7, 11) is 5.53. The number of esters is 1. The monoisotopic (exact) mass is 359 g/mol. The van der Waals surface area contributed by atoms with Gasteiger partial charge in [0.05, 0.1) is 6.04 Å². The highest BCUT2D eigenvalue weighted by atomic mass is 16.6. The number of hydrogen-bond acceptors (Lipinski definition) is 6. The molecule has 0 saturated carbocycles. The lowest BCUT2D eigenvalue weighted by molar-refractivity contribution is -0.179. The van der Waals surface area contributed by atoms with Crippen LogP contribution in [0, 0.1) is 0 Å². The van der Waals surface area contributed by atoms with Crippen LogP contribution in [0.5, 0.6) is 0 Å². The van der Waals surface area contributed by atoms with E-state index < -0.39 is 41.1 Å². The SMILES string of the molecule is C[C@@H](C(=O)C(C)(O)C(=O)OC(C)(C)C)N(C)C(=O)N(C)C(=O)N(C)C. The lowest BCUT2D eigenvalue weighted by Crippen LogP contribution is -2.57. The normalized spacial score (nSPS) is 14.8. The van der Waals surface area contributed by atoms with Crippen molar-refractivity contribution in [3.05, 3.63) is 0 Å². The lowest BCUT2D eigenvalue weighted by Gasteiger charge is -2.33. The van der Waals surface area contributed by atoms with Crippen LogP contribution in [0.1, 0.15) is 34.6 Å². The summed E-state index contributed by atoms with van der Waals surface area (Å²) in [5.41, 5.74) is -3.31. The van der Waals surface area contributed by atoms with Crippen molar-refractivity contribution >= 4 is 23.8 Å². The molecule has 0 rings (SSSR count). The van der Waals surface area contributed by atoms with E-state index in [0.717, 1.165) is 16.7 Å². The van der Waals surface area contributed by atoms with Gasteiger partial charge in [0.15, 0.2) is 5.78 Å². The maximum Gasteiger partial charge on any atom is 0.346 e. The van der Waals surface area contributed by atoms with Crippen molar-refractivity contribution in [1.29, 1.82) is 0 Å². The Bertz CT molecular complexity index is 551. The van der Waals surface area contributed by atoms with Gasteiger partial charge in [0, 0.05) is 28.2 Å². The Morgan fingerprint density at radius 3 is 1.72 bits per heavy atom. The first-order valence-electron chi connectivity index (χ1n) is 7.76. The molecule has 0 aliphatic heterocycles. The number of imide groups is 1. The van der Waals surface area contributed by atoms with Crippen molar-refractivity contribution in [3.63, 3.8) is 0 Å². The molecular weight excluding hydrogens is 330 g/mol. The van der Waals surface area contributed by atoms with Gasteiger partial charge in [-0.1, -0.05) is 0 Å². The van der Waals surface area contributed by atoms with Gasteiger partial charge in [-0.2, -0.15) is 0 Å². The Morgan fingerprint density at radius 1 is 0.920 bits per heavy atom. The van der Waals surface area contributed by atoms with Crippen LogP contribution in [-0.4, -0.2) is 89.1 Å². The van der Waals surface area contributed by atoms with E-state index in [1.165, 1.54) is 40.0 Å². The number of rotatable bonds is 4. The Morgan fingerprint density at radius 2 is 1.36 bits per heavy atom. The second-order valence-electron chi connectivity index (χ2n) is 7.24. The fourth-order valence-electron chi connectivity index (χ4n) is 1.84. The highest BCUT2D eigenvalue weighted by Gasteiger charge is 2.46. The van der Waals surface area contributed by atoms with E-state index in [9.17, 15) is 24.3 Å². The number of likely N-dealkylation sites (N-methyl/N-ethyl adjacent to an activating group) is 1. The van der Waals surface area contributed by atoms with Crippen LogP contribution in [0.3, 0.4) is 0 Å². The highest BCUT2D eigenvalue weighted by molar-refractivity contribution is 6.09. The van der Waals surface area contributed by atoms with Gasteiger partial charge in [-0.3, -0.25) is 4.79 Å². The zero-order valence-electron chi connectivity index (χ0n) is 16.4. The maximum absolute atomic E-state index is 12.5. The smallest absolute Gasteiger partial charge is 0.346 e. The standard InChI is InChI=1S/C16H29N3O6/c1-10(18(8)14(23)19(9)13(22)17(6)7)11(20)16(5,24)12(21)25-15(2,3)4/h10,24H,1-9H3/t10-,16?/m0/s1. The molecule has 0 aliphatic carbocycles. The van der Waals surface area contributed by atoms with Crippen molar-refractivity contribution in [2.45, 2.75) is 51.9 Å². The van der Waals surface area contributed by atoms with Crippen LogP contribution >= 0.6 is 0 Å². The number of hydrogen-bond donors (Lipinski definition) is 1. The molecule has 25 heavy (non-hydrogen) atoms. The molecule has 1 N–H and O–H groups in total. The number of ketones is 1. The van der Waals surface area contributed by atoms with E-state index >= 15 is 0 Å². The molecule has 0 heterocycles. The van der Waals surface area contributed by atoms with Crippen molar-refractivity contribution in [2.75, 3.05) is 28.2 Å². The van der Waals surface area contributed by atoms with Crippen molar-refractivity contribution in [1.82, 2.24) is 14.7 Å². The number of carbonyl (C=O) groups is 4. The molecule has 9 nitrogen and oxygen atoms in total. The minimum atomic E-state index is -2.43. The molecular formula is C16H29N3O6. The Kier molecular flexibility index (Phi) is 7.14. The van der Waals surface area contributed by atoms with Crippen LogP contribution in [0.2, 0.25) is 0 Å². The Labute approximate surface area is 148 Å². The maximum atomic E-state index is 12.5. The summed E-state index contributed by atoms with van der Waals surface area (Å²) in [6.07, 6.45) is 0. The number of Topliss-reactive ketones (excluding diaryl/α,β-unsaturated/α-hetero) is 1. The number of nitrogens with zero attached hydrogens (tertiary/aromatic N) is 3. The van der Waals surface area contributed by atoms with Crippen LogP contribution in [0.15, 0.2) is 0 Å². The topological polar surface area (TPSA) is 107 Å². The summed E-state index contributed by atoms with van der Waals surface area (Å²) in [6, 6.07) is -2.48. The molecule has 0 fully saturated rings. The zero-order valence-corrected chi connectivity index (χ0v) is 16.4. The third kappa shape index (κ3) is 5.70. The van der Waals surface area contributed by atoms with Crippen LogP contribution < -0.4 is 0 Å². The number of ether oxygens (including phenoxy) is 1. The quantitative estimate of drug-likeness (QED) is 0.585. The van der Waals surface area contributed by atoms with Gasteiger partial charge in [-0.15, -0.1) is 0 Å². The summed E-state index contributed by atoms with van der Waals surface area (Å²) in [4.78, 5) is 51.7. The predicted molar refractivity (Wildman–Crippen MR) is 90.9 cm³/mol. The van der Waals surface area contributed by atoms with Gasteiger partial charge in [-0.25, -0.2) is 19.3 Å². The molecule has 0 aliphatic rings. The largest absolute Gasteiger partial charge is 0.457 e. The number of amides is 4. The average molecular weight is 359 g/mol. The van der Waals surface area contributed by atoms with Gasteiger partial charge in [0.25, 0.3) is 0 Å². The summed E-state index contributed by atoms with van der Waals surface area (Å²) in [5, 5.41) is 10.3. The fourth-order valence-corrected chi connectivity index (χ4v) is 1.84. The summed E-state index contributed by atoms with van der Waals surface area (Å²) in [6.45, 7) is 7.19. The fraction of sp³-hybridized carbons (Fsp3) is 0.750. The third-order valence-electron chi connectivity index (χ3n) is 3.49. The van der Waals surface area contributed by atoms with Gasteiger partial charge >= 0.3 is 18.0 Å². The van der Waals surface area contributed by atoms with E-state index in [0.29, 0.717) is 0 Å². The molecule has 4 amide bonds. The third-order valence-corrected chi connectivity index (χ3v) is 3.49. The van der Waals surface area contributed by atoms with E-state index in [2.05, 4.69) is 0 Å².